The molecule has 0 aromatic carbocycles. The predicted molar refractivity (Wildman–Crippen MR) is 64.6 cm³/mol. The molecule has 1 N–H and O–H groups in total. The van der Waals surface area contributed by atoms with Gasteiger partial charge in [0.05, 0.1) is 12.6 Å². The fraction of sp³-hybridized carbons (Fsp3) is 0.917. The van der Waals surface area contributed by atoms with E-state index in [2.05, 4.69) is 0 Å². The Hall–Kier alpha value is -0.820. The topological polar surface area (TPSA) is 43.8 Å². The standard InChI is InChI=1S/C12H21F3N2O2/c1-2-3-5-16(7-8-18)10-4-6-17(11(10)19)9-12(13,14)15/h10,18H,2-9H2,1H3. The number of carbonyl (C=O) groups excluding carboxylic acids is 1. The highest BCUT2D eigenvalue weighted by atomic mass is 19.4. The van der Waals surface area contributed by atoms with Crippen LogP contribution in [0.1, 0.15) is 26.2 Å². The zero-order valence-electron chi connectivity index (χ0n) is 11.1. The Labute approximate surface area is 111 Å². The summed E-state index contributed by atoms with van der Waals surface area (Å²) in [7, 11) is 0. The van der Waals surface area contributed by atoms with E-state index in [1.165, 1.54) is 0 Å². The van der Waals surface area contributed by atoms with Crippen LogP contribution in [0.5, 0.6) is 0 Å². The van der Waals surface area contributed by atoms with Crippen LogP contribution in [0.15, 0.2) is 0 Å². The second kappa shape index (κ2) is 7.09. The molecule has 0 aromatic heterocycles. The lowest BCUT2D eigenvalue weighted by Gasteiger charge is -2.27. The van der Waals surface area contributed by atoms with Crippen molar-refractivity contribution in [1.82, 2.24) is 9.80 Å². The van der Waals surface area contributed by atoms with Crippen molar-refractivity contribution >= 4 is 5.91 Å². The van der Waals surface area contributed by atoms with Gasteiger partial charge in [-0.3, -0.25) is 9.69 Å². The highest BCUT2D eigenvalue weighted by molar-refractivity contribution is 5.84. The number of hydrogen-bond acceptors (Lipinski definition) is 3. The number of aliphatic hydroxyl groups excluding tert-OH is 1. The number of aliphatic hydroxyl groups is 1. The normalized spacial score (nSPS) is 20.6. The van der Waals surface area contributed by atoms with E-state index < -0.39 is 24.7 Å². The molecule has 1 unspecified atom stereocenters. The highest BCUT2D eigenvalue weighted by Crippen LogP contribution is 2.23. The Kier molecular flexibility index (Phi) is 6.06. The summed E-state index contributed by atoms with van der Waals surface area (Å²) in [6, 6.07) is -0.513. The number of carbonyl (C=O) groups is 1. The molecule has 1 amide bonds. The van der Waals surface area contributed by atoms with Crippen molar-refractivity contribution in [1.29, 1.82) is 0 Å². The fourth-order valence-electron chi connectivity index (χ4n) is 2.35. The van der Waals surface area contributed by atoms with E-state index >= 15 is 0 Å². The highest BCUT2D eigenvalue weighted by Gasteiger charge is 2.41. The van der Waals surface area contributed by atoms with Gasteiger partial charge >= 0.3 is 6.18 Å². The lowest BCUT2D eigenvalue weighted by Crippen LogP contribution is -2.45. The van der Waals surface area contributed by atoms with Gasteiger partial charge in [-0.15, -0.1) is 0 Å². The molecule has 1 heterocycles. The van der Waals surface area contributed by atoms with Crippen LogP contribution < -0.4 is 0 Å². The molecule has 0 aromatic rings. The van der Waals surface area contributed by atoms with Crippen LogP contribution in [0.3, 0.4) is 0 Å². The Morgan fingerprint density at radius 1 is 1.42 bits per heavy atom. The van der Waals surface area contributed by atoms with Crippen LogP contribution in [0.25, 0.3) is 0 Å². The maximum Gasteiger partial charge on any atom is 0.406 e. The zero-order valence-corrected chi connectivity index (χ0v) is 11.1. The molecule has 1 atom stereocenters. The minimum absolute atomic E-state index is 0.0905. The minimum atomic E-state index is -4.35. The van der Waals surface area contributed by atoms with Crippen LogP contribution in [0.2, 0.25) is 0 Å². The molecule has 0 spiro atoms. The van der Waals surface area contributed by atoms with Crippen LogP contribution in [0, 0.1) is 0 Å². The van der Waals surface area contributed by atoms with Gasteiger partial charge < -0.3 is 10.0 Å². The van der Waals surface area contributed by atoms with Crippen molar-refractivity contribution in [3.8, 4) is 0 Å². The average molecular weight is 282 g/mol. The first kappa shape index (κ1) is 16.2. The average Bonchev–Trinajstić information content (AvgIpc) is 2.65. The number of rotatable bonds is 7. The second-order valence-electron chi connectivity index (χ2n) is 4.79. The molecule has 19 heavy (non-hydrogen) atoms. The third-order valence-electron chi connectivity index (χ3n) is 3.27. The van der Waals surface area contributed by atoms with Crippen LogP contribution >= 0.6 is 0 Å². The summed E-state index contributed by atoms with van der Waals surface area (Å²) in [6.45, 7) is 1.83. The first-order chi connectivity index (χ1) is 8.89. The minimum Gasteiger partial charge on any atom is -0.395 e. The molecular formula is C12H21F3N2O2. The molecule has 0 bridgehead atoms. The summed E-state index contributed by atoms with van der Waals surface area (Å²) in [6.07, 6.45) is -2.15. The van der Waals surface area contributed by atoms with Gasteiger partial charge in [0.2, 0.25) is 5.91 Å². The van der Waals surface area contributed by atoms with E-state index in [4.69, 9.17) is 5.11 Å². The summed E-state index contributed by atoms with van der Waals surface area (Å²) < 4.78 is 36.9. The van der Waals surface area contributed by atoms with Gasteiger partial charge in [0, 0.05) is 13.1 Å². The van der Waals surface area contributed by atoms with Crippen LogP contribution in [-0.2, 0) is 4.79 Å². The van der Waals surface area contributed by atoms with E-state index in [9.17, 15) is 18.0 Å². The third-order valence-corrected chi connectivity index (χ3v) is 3.27. The number of nitrogens with zero attached hydrogens (tertiary/aromatic N) is 2. The van der Waals surface area contributed by atoms with Gasteiger partial charge in [0.25, 0.3) is 0 Å². The summed E-state index contributed by atoms with van der Waals surface area (Å²) >= 11 is 0. The molecular weight excluding hydrogens is 261 g/mol. The van der Waals surface area contributed by atoms with Gasteiger partial charge in [-0.25, -0.2) is 0 Å². The lowest BCUT2D eigenvalue weighted by atomic mass is 10.2. The summed E-state index contributed by atoms with van der Waals surface area (Å²) in [5, 5.41) is 8.99. The summed E-state index contributed by atoms with van der Waals surface area (Å²) in [4.78, 5) is 14.6. The van der Waals surface area contributed by atoms with Crippen molar-refractivity contribution in [2.45, 2.75) is 38.4 Å². The molecule has 0 radical (unpaired) electrons. The Morgan fingerprint density at radius 2 is 2.11 bits per heavy atom. The van der Waals surface area contributed by atoms with Gasteiger partial charge in [-0.05, 0) is 19.4 Å². The quantitative estimate of drug-likeness (QED) is 0.764. The van der Waals surface area contributed by atoms with Gasteiger partial charge in [0.15, 0.2) is 0 Å². The monoisotopic (exact) mass is 282 g/mol. The summed E-state index contributed by atoms with van der Waals surface area (Å²) in [5.74, 6) is -0.470. The van der Waals surface area contributed by atoms with Gasteiger partial charge in [0.1, 0.15) is 6.54 Å². The summed E-state index contributed by atoms with van der Waals surface area (Å²) in [5.41, 5.74) is 0. The number of amides is 1. The first-order valence-electron chi connectivity index (χ1n) is 6.59. The van der Waals surface area contributed by atoms with Gasteiger partial charge in [-0.1, -0.05) is 13.3 Å². The first-order valence-corrected chi connectivity index (χ1v) is 6.59. The number of likely N-dealkylation sites (tertiary alicyclic amines) is 1. The maximum absolute atomic E-state index is 12.3. The van der Waals surface area contributed by atoms with Crippen molar-refractivity contribution in [2.75, 3.05) is 32.8 Å². The smallest absolute Gasteiger partial charge is 0.395 e. The van der Waals surface area contributed by atoms with E-state index in [-0.39, 0.29) is 13.2 Å². The fourth-order valence-corrected chi connectivity index (χ4v) is 2.35. The molecule has 7 heteroatoms. The van der Waals surface area contributed by atoms with E-state index in [0.717, 1.165) is 17.7 Å². The second-order valence-corrected chi connectivity index (χ2v) is 4.79. The molecule has 1 rings (SSSR count). The third kappa shape index (κ3) is 4.99. The Morgan fingerprint density at radius 3 is 2.63 bits per heavy atom. The Balaban J connectivity index is 2.60. The number of unbranched alkanes of at least 4 members (excludes halogenated alkanes) is 1. The molecule has 112 valence electrons. The van der Waals surface area contributed by atoms with E-state index in [0.29, 0.717) is 19.5 Å². The van der Waals surface area contributed by atoms with Crippen molar-refractivity contribution in [2.24, 2.45) is 0 Å². The molecule has 1 saturated heterocycles. The Bertz CT molecular complexity index is 297. The maximum atomic E-state index is 12.3. The van der Waals surface area contributed by atoms with E-state index in [1.54, 1.807) is 4.90 Å². The van der Waals surface area contributed by atoms with E-state index in [1.807, 2.05) is 6.92 Å². The molecule has 0 saturated carbocycles. The SMILES string of the molecule is CCCCN(CCO)C1CCN(CC(F)(F)F)C1=O. The zero-order chi connectivity index (χ0) is 14.5. The molecule has 4 nitrogen and oxygen atoms in total. The lowest BCUT2D eigenvalue weighted by molar-refractivity contribution is -0.159. The van der Waals surface area contributed by atoms with Gasteiger partial charge in [-0.2, -0.15) is 13.2 Å². The van der Waals surface area contributed by atoms with Crippen molar-refractivity contribution in [3.05, 3.63) is 0 Å². The molecule has 1 aliphatic heterocycles. The number of alkyl halides is 3. The molecule has 1 aliphatic rings. The molecule has 0 aliphatic carbocycles. The largest absolute Gasteiger partial charge is 0.406 e. The van der Waals surface area contributed by atoms with Crippen molar-refractivity contribution < 1.29 is 23.1 Å². The molecule has 1 fully saturated rings. The number of hydrogen-bond donors (Lipinski definition) is 1. The number of halogens is 3. The van der Waals surface area contributed by atoms with Crippen LogP contribution in [-0.4, -0.2) is 65.8 Å². The van der Waals surface area contributed by atoms with Crippen LogP contribution in [0.4, 0.5) is 13.2 Å². The predicted octanol–water partition coefficient (Wildman–Crippen LogP) is 1.24. The van der Waals surface area contributed by atoms with Crippen molar-refractivity contribution in [3.63, 3.8) is 0 Å².